The molecule has 18 heavy (non-hydrogen) atoms. The maximum Gasteiger partial charge on any atom is 0.137 e. The Kier molecular flexibility index (Phi) is 4.49. The first-order valence-electron chi connectivity index (χ1n) is 5.90. The number of benzene rings is 1. The van der Waals surface area contributed by atoms with Crippen LogP contribution in [0.5, 0.6) is 0 Å². The molecule has 0 atom stereocenters. The summed E-state index contributed by atoms with van der Waals surface area (Å²) < 4.78 is 14.0. The Hall–Kier alpha value is -1.20. The Morgan fingerprint density at radius 1 is 1.39 bits per heavy atom. The third-order valence-corrected chi connectivity index (χ3v) is 2.96. The van der Waals surface area contributed by atoms with Crippen LogP contribution < -0.4 is 5.32 Å². The van der Waals surface area contributed by atoms with Crippen LogP contribution in [0.25, 0.3) is 11.4 Å². The van der Waals surface area contributed by atoms with Crippen LogP contribution in [0, 0.1) is 5.82 Å². The highest BCUT2D eigenvalue weighted by atomic mass is 79.9. The number of hydrogen-bond acceptors (Lipinski definition) is 2. The molecular weight excluding hydrogens is 297 g/mol. The Labute approximate surface area is 114 Å². The van der Waals surface area contributed by atoms with Crippen LogP contribution in [-0.4, -0.2) is 16.5 Å². The number of H-pyrrole nitrogens is 1. The van der Waals surface area contributed by atoms with Gasteiger partial charge in [0.05, 0.1) is 0 Å². The quantitative estimate of drug-likeness (QED) is 0.830. The van der Waals surface area contributed by atoms with E-state index in [4.69, 9.17) is 0 Å². The van der Waals surface area contributed by atoms with Gasteiger partial charge in [0, 0.05) is 28.5 Å². The van der Waals surface area contributed by atoms with Crippen LogP contribution in [-0.2, 0) is 6.54 Å². The summed E-state index contributed by atoms with van der Waals surface area (Å²) in [6, 6.07) is 4.73. The van der Waals surface area contributed by atoms with Gasteiger partial charge >= 0.3 is 0 Å². The zero-order valence-electron chi connectivity index (χ0n) is 10.1. The molecule has 0 saturated heterocycles. The maximum atomic E-state index is 13.3. The summed E-state index contributed by atoms with van der Waals surface area (Å²) in [6.07, 6.45) is 2.87. The number of nitrogens with zero attached hydrogens (tertiary/aromatic N) is 1. The van der Waals surface area contributed by atoms with Crippen LogP contribution in [0.4, 0.5) is 4.39 Å². The first-order valence-corrected chi connectivity index (χ1v) is 6.69. The number of hydrogen-bond donors (Lipinski definition) is 2. The third kappa shape index (κ3) is 3.40. The predicted octanol–water partition coefficient (Wildman–Crippen LogP) is 3.48. The van der Waals surface area contributed by atoms with Crippen molar-refractivity contribution in [2.45, 2.75) is 19.9 Å². The van der Waals surface area contributed by atoms with Gasteiger partial charge in [0.15, 0.2) is 0 Å². The fraction of sp³-hybridized carbons (Fsp3) is 0.308. The lowest BCUT2D eigenvalue weighted by molar-refractivity contribution is 0.627. The second kappa shape index (κ2) is 6.11. The standard InChI is InChI=1S/C13H15BrFN3/c1-2-3-16-7-12-8-17-13(18-12)9-4-10(14)6-11(15)5-9/h4-6,8,16H,2-3,7H2,1H3,(H,17,18). The van der Waals surface area contributed by atoms with E-state index in [1.54, 1.807) is 6.20 Å². The van der Waals surface area contributed by atoms with Crippen LogP contribution in [0.15, 0.2) is 28.9 Å². The first-order chi connectivity index (χ1) is 8.69. The predicted molar refractivity (Wildman–Crippen MR) is 73.7 cm³/mol. The average molecular weight is 312 g/mol. The number of aromatic nitrogens is 2. The Morgan fingerprint density at radius 3 is 2.94 bits per heavy atom. The third-order valence-electron chi connectivity index (χ3n) is 2.51. The number of aromatic amines is 1. The lowest BCUT2D eigenvalue weighted by Gasteiger charge is -2.00. The molecule has 2 aromatic rings. The minimum Gasteiger partial charge on any atom is -0.341 e. The summed E-state index contributed by atoms with van der Waals surface area (Å²) in [4.78, 5) is 7.45. The van der Waals surface area contributed by atoms with Gasteiger partial charge in [-0.15, -0.1) is 0 Å². The Morgan fingerprint density at radius 2 is 2.22 bits per heavy atom. The van der Waals surface area contributed by atoms with Crippen LogP contribution in [0.2, 0.25) is 0 Å². The molecule has 1 aromatic carbocycles. The molecule has 1 heterocycles. The highest BCUT2D eigenvalue weighted by molar-refractivity contribution is 9.10. The van der Waals surface area contributed by atoms with Gasteiger partial charge in [-0.1, -0.05) is 22.9 Å². The van der Waals surface area contributed by atoms with Gasteiger partial charge in [0.25, 0.3) is 0 Å². The molecular formula is C13H15BrFN3. The second-order valence-corrected chi connectivity index (χ2v) is 5.01. The molecule has 0 unspecified atom stereocenters. The number of halogens is 2. The molecule has 0 aliphatic heterocycles. The van der Waals surface area contributed by atoms with Crippen LogP contribution in [0.3, 0.4) is 0 Å². The van der Waals surface area contributed by atoms with Crippen LogP contribution in [0.1, 0.15) is 19.0 Å². The summed E-state index contributed by atoms with van der Waals surface area (Å²) in [5.41, 5.74) is 1.74. The molecule has 96 valence electrons. The van der Waals surface area contributed by atoms with E-state index in [-0.39, 0.29) is 5.82 Å². The topological polar surface area (TPSA) is 40.7 Å². The van der Waals surface area contributed by atoms with Crippen molar-refractivity contribution in [3.05, 3.63) is 40.4 Å². The minimum absolute atomic E-state index is 0.276. The number of imidazole rings is 1. The molecule has 2 rings (SSSR count). The normalized spacial score (nSPS) is 10.8. The fourth-order valence-electron chi connectivity index (χ4n) is 1.69. The van der Waals surface area contributed by atoms with Crippen molar-refractivity contribution in [3.63, 3.8) is 0 Å². The number of rotatable bonds is 5. The molecule has 1 aromatic heterocycles. The lowest BCUT2D eigenvalue weighted by Crippen LogP contribution is -2.13. The summed E-state index contributed by atoms with van der Waals surface area (Å²) in [7, 11) is 0. The molecule has 0 saturated carbocycles. The van der Waals surface area contributed by atoms with Crippen molar-refractivity contribution < 1.29 is 4.39 Å². The summed E-state index contributed by atoms with van der Waals surface area (Å²) in [6.45, 7) is 3.84. The van der Waals surface area contributed by atoms with Gasteiger partial charge in [-0.25, -0.2) is 9.37 Å². The van der Waals surface area contributed by atoms with Gasteiger partial charge in [-0.3, -0.25) is 0 Å². The highest BCUT2D eigenvalue weighted by Crippen LogP contribution is 2.22. The van der Waals surface area contributed by atoms with E-state index < -0.39 is 0 Å². The van der Waals surface area contributed by atoms with E-state index in [1.807, 2.05) is 6.07 Å². The van der Waals surface area contributed by atoms with E-state index in [1.165, 1.54) is 12.1 Å². The van der Waals surface area contributed by atoms with Crippen molar-refractivity contribution in [2.24, 2.45) is 0 Å². The molecule has 5 heteroatoms. The SMILES string of the molecule is CCCNCc1cnc(-c2cc(F)cc(Br)c2)[nH]1. The van der Waals surface area contributed by atoms with Crippen molar-refractivity contribution in [1.29, 1.82) is 0 Å². The summed E-state index contributed by atoms with van der Waals surface area (Å²) in [5.74, 6) is 0.407. The minimum atomic E-state index is -0.276. The monoisotopic (exact) mass is 311 g/mol. The van der Waals surface area contributed by atoms with Crippen molar-refractivity contribution in [2.75, 3.05) is 6.54 Å². The van der Waals surface area contributed by atoms with Gasteiger partial charge in [0.1, 0.15) is 11.6 Å². The molecule has 0 aliphatic rings. The van der Waals surface area contributed by atoms with Gasteiger partial charge in [-0.05, 0) is 31.2 Å². The largest absolute Gasteiger partial charge is 0.341 e. The lowest BCUT2D eigenvalue weighted by atomic mass is 10.2. The van der Waals surface area contributed by atoms with E-state index in [9.17, 15) is 4.39 Å². The van der Waals surface area contributed by atoms with Gasteiger partial charge < -0.3 is 10.3 Å². The zero-order valence-corrected chi connectivity index (χ0v) is 11.7. The first kappa shape index (κ1) is 13.2. The van der Waals surface area contributed by atoms with E-state index in [2.05, 4.69) is 38.1 Å². The molecule has 3 nitrogen and oxygen atoms in total. The van der Waals surface area contributed by atoms with Crippen molar-refractivity contribution >= 4 is 15.9 Å². The van der Waals surface area contributed by atoms with E-state index in [0.29, 0.717) is 10.3 Å². The highest BCUT2D eigenvalue weighted by Gasteiger charge is 2.06. The molecule has 0 aliphatic carbocycles. The van der Waals surface area contributed by atoms with E-state index >= 15 is 0 Å². The maximum absolute atomic E-state index is 13.3. The number of nitrogens with one attached hydrogen (secondary N) is 2. The van der Waals surface area contributed by atoms with Crippen molar-refractivity contribution in [1.82, 2.24) is 15.3 Å². The molecule has 0 fully saturated rings. The molecule has 0 bridgehead atoms. The van der Waals surface area contributed by atoms with E-state index in [0.717, 1.165) is 30.8 Å². The Bertz CT molecular complexity index is 504. The van der Waals surface area contributed by atoms with Gasteiger partial charge in [-0.2, -0.15) is 0 Å². The Balaban J connectivity index is 2.13. The smallest absolute Gasteiger partial charge is 0.137 e. The van der Waals surface area contributed by atoms with Crippen LogP contribution >= 0.6 is 15.9 Å². The molecule has 0 spiro atoms. The molecule has 0 radical (unpaired) electrons. The van der Waals surface area contributed by atoms with Gasteiger partial charge in [0.2, 0.25) is 0 Å². The van der Waals surface area contributed by atoms with Crippen molar-refractivity contribution in [3.8, 4) is 11.4 Å². The zero-order chi connectivity index (χ0) is 13.0. The second-order valence-electron chi connectivity index (χ2n) is 4.09. The molecule has 2 N–H and O–H groups in total. The summed E-state index contributed by atoms with van der Waals surface area (Å²) >= 11 is 3.27. The summed E-state index contributed by atoms with van der Waals surface area (Å²) in [5, 5.41) is 3.28. The fourth-order valence-corrected chi connectivity index (χ4v) is 2.15. The average Bonchev–Trinajstić information content (AvgIpc) is 2.77. The molecule has 0 amide bonds.